The number of hydrogen-bond acceptors (Lipinski definition) is 2. The van der Waals surface area contributed by atoms with Crippen LogP contribution in [0.4, 0.5) is 0 Å². The molecule has 78 valence electrons. The highest BCUT2D eigenvalue weighted by Crippen LogP contribution is 2.01. The Labute approximate surface area is 91.5 Å². The van der Waals surface area contributed by atoms with Crippen molar-refractivity contribution in [1.29, 1.82) is 0 Å². The van der Waals surface area contributed by atoms with Crippen LogP contribution in [0.3, 0.4) is 0 Å². The van der Waals surface area contributed by atoms with E-state index >= 15 is 0 Å². The normalized spacial score (nSPS) is 11.6. The van der Waals surface area contributed by atoms with Crippen LogP contribution < -0.4 is 15.2 Å². The minimum absolute atomic E-state index is 0.887. The lowest BCUT2D eigenvalue weighted by Gasteiger charge is -2.25. The molecule has 0 spiro atoms. The van der Waals surface area contributed by atoms with Gasteiger partial charge in [-0.1, -0.05) is 44.2 Å². The molecule has 4 heteroatoms. The molecule has 14 heavy (non-hydrogen) atoms. The molecule has 0 aliphatic rings. The van der Waals surface area contributed by atoms with E-state index in [4.69, 9.17) is 11.1 Å². The Hall–Kier alpha value is -0.353. The minimum atomic E-state index is -2.15. The minimum Gasteiger partial charge on any atom is -0.310 e. The summed E-state index contributed by atoms with van der Waals surface area (Å²) in [7, 11) is -2.15. The first-order valence-electron chi connectivity index (χ1n) is 4.97. The molecule has 0 aliphatic heterocycles. The van der Waals surface area contributed by atoms with Gasteiger partial charge in [-0.15, -0.1) is 11.1 Å². The number of nitrogens with one attached hydrogen (secondary N) is 2. The average molecular weight is 229 g/mol. The highest BCUT2D eigenvalue weighted by Gasteiger charge is 2.31. The Morgan fingerprint density at radius 2 is 1.57 bits per heavy atom. The summed E-state index contributed by atoms with van der Waals surface area (Å²) >= 11 is 6.58. The molecule has 0 fully saturated rings. The first-order valence-corrected chi connectivity index (χ1v) is 7.98. The van der Waals surface area contributed by atoms with Crippen LogP contribution in [0.15, 0.2) is 30.3 Å². The predicted octanol–water partition coefficient (Wildman–Crippen LogP) is 1.29. The molecule has 2 nitrogen and oxygen atoms in total. The van der Waals surface area contributed by atoms with Gasteiger partial charge in [0.25, 0.3) is 0 Å². The van der Waals surface area contributed by atoms with Gasteiger partial charge < -0.3 is 9.96 Å². The molecule has 2 N–H and O–H groups in total. The van der Waals surface area contributed by atoms with Crippen LogP contribution in [0.25, 0.3) is 0 Å². The Kier molecular flexibility index (Phi) is 4.61. The van der Waals surface area contributed by atoms with E-state index in [-0.39, 0.29) is 0 Å². The maximum atomic E-state index is 6.58. The monoisotopic (exact) mass is 228 g/mol. The van der Waals surface area contributed by atoms with Crippen molar-refractivity contribution < 1.29 is 0 Å². The number of benzene rings is 1. The van der Waals surface area contributed by atoms with Crippen LogP contribution in [0.2, 0.25) is 0 Å². The molecule has 0 atom stereocenters. The van der Waals surface area contributed by atoms with Gasteiger partial charge in [0.1, 0.15) is 0 Å². The van der Waals surface area contributed by atoms with E-state index in [0.29, 0.717) is 0 Å². The Balaban J connectivity index is 2.87. The molecular weight excluding hydrogens is 212 g/mol. The fraction of sp³-hybridized carbons (Fsp3) is 0.400. The van der Waals surface area contributed by atoms with Crippen molar-refractivity contribution in [2.24, 2.45) is 0 Å². The zero-order chi connectivity index (χ0) is 10.4. The van der Waals surface area contributed by atoms with Gasteiger partial charge in [0.15, 0.2) is 0 Å². The van der Waals surface area contributed by atoms with Gasteiger partial charge in [0.2, 0.25) is 0 Å². The summed E-state index contributed by atoms with van der Waals surface area (Å²) in [6.45, 7) is 5.92. The summed E-state index contributed by atoms with van der Waals surface area (Å²) in [5, 5.41) is 1.19. The quantitative estimate of drug-likeness (QED) is 0.587. The van der Waals surface area contributed by atoms with Crippen LogP contribution >= 0.6 is 11.1 Å². The summed E-state index contributed by atoms with van der Waals surface area (Å²) < 4.78 is 0. The van der Waals surface area contributed by atoms with Crippen LogP contribution in [0.5, 0.6) is 0 Å². The highest BCUT2D eigenvalue weighted by atomic mass is 35.6. The molecule has 0 amide bonds. The Bertz CT molecular complexity index is 260. The van der Waals surface area contributed by atoms with Gasteiger partial charge in [0.05, 0.1) is 0 Å². The van der Waals surface area contributed by atoms with Crippen molar-refractivity contribution in [3.05, 3.63) is 30.3 Å². The van der Waals surface area contributed by atoms with Gasteiger partial charge >= 0.3 is 7.71 Å². The van der Waals surface area contributed by atoms with E-state index in [1.54, 1.807) is 0 Å². The smallest absolute Gasteiger partial charge is 0.310 e. The van der Waals surface area contributed by atoms with Gasteiger partial charge in [-0.05, 0) is 18.3 Å². The number of rotatable bonds is 5. The molecule has 0 radical (unpaired) electrons. The van der Waals surface area contributed by atoms with Crippen LogP contribution in [-0.2, 0) is 0 Å². The summed E-state index contributed by atoms with van der Waals surface area (Å²) in [5.74, 6) is 0. The lowest BCUT2D eigenvalue weighted by atomic mass is 10.4. The van der Waals surface area contributed by atoms with E-state index in [1.165, 1.54) is 5.19 Å². The Morgan fingerprint density at radius 3 is 2.00 bits per heavy atom. The van der Waals surface area contributed by atoms with Gasteiger partial charge in [-0.2, -0.15) is 0 Å². The van der Waals surface area contributed by atoms with Crippen molar-refractivity contribution in [3.8, 4) is 0 Å². The summed E-state index contributed by atoms with van der Waals surface area (Å²) in [4.78, 5) is 6.74. The standard InChI is InChI=1S/C10H17ClN2Si/c1-3-12-14(11,13-4-2)10-8-6-5-7-9-10/h5-9,12-13H,3-4H2,1-2H3. The van der Waals surface area contributed by atoms with Crippen molar-refractivity contribution in [3.63, 3.8) is 0 Å². The predicted molar refractivity (Wildman–Crippen MR) is 65.0 cm³/mol. The van der Waals surface area contributed by atoms with Crippen molar-refractivity contribution in [2.75, 3.05) is 13.1 Å². The van der Waals surface area contributed by atoms with E-state index in [1.807, 2.05) is 18.2 Å². The zero-order valence-electron chi connectivity index (χ0n) is 8.68. The Morgan fingerprint density at radius 1 is 1.07 bits per heavy atom. The van der Waals surface area contributed by atoms with Crippen molar-refractivity contribution in [1.82, 2.24) is 9.96 Å². The fourth-order valence-corrected chi connectivity index (χ4v) is 4.76. The third kappa shape index (κ3) is 2.82. The lowest BCUT2D eigenvalue weighted by molar-refractivity contribution is 0.896. The fourth-order valence-electron chi connectivity index (χ4n) is 1.42. The van der Waals surface area contributed by atoms with Gasteiger partial charge in [-0.3, -0.25) is 0 Å². The SMILES string of the molecule is CCN[Si](Cl)(NCC)c1ccccc1. The topological polar surface area (TPSA) is 24.1 Å². The number of halogens is 1. The second-order valence-electron chi connectivity index (χ2n) is 3.09. The van der Waals surface area contributed by atoms with Crippen molar-refractivity contribution >= 4 is 24.0 Å². The van der Waals surface area contributed by atoms with E-state index in [0.717, 1.165) is 13.1 Å². The average Bonchev–Trinajstić information content (AvgIpc) is 2.20. The summed E-state index contributed by atoms with van der Waals surface area (Å²) in [6.07, 6.45) is 0. The van der Waals surface area contributed by atoms with Crippen LogP contribution in [-0.4, -0.2) is 20.8 Å². The second kappa shape index (κ2) is 5.51. The second-order valence-corrected chi connectivity index (χ2v) is 7.39. The molecule has 0 heterocycles. The molecule has 0 aromatic heterocycles. The molecule has 1 rings (SSSR count). The van der Waals surface area contributed by atoms with Crippen LogP contribution in [0, 0.1) is 0 Å². The van der Waals surface area contributed by atoms with E-state index in [9.17, 15) is 0 Å². The number of hydrogen-bond donors (Lipinski definition) is 2. The van der Waals surface area contributed by atoms with Crippen LogP contribution in [0.1, 0.15) is 13.8 Å². The molecule has 0 unspecified atom stereocenters. The summed E-state index contributed by atoms with van der Waals surface area (Å²) in [5.41, 5.74) is 0. The molecule has 0 saturated carbocycles. The largest absolute Gasteiger partial charge is 0.335 e. The summed E-state index contributed by atoms with van der Waals surface area (Å²) in [6, 6.07) is 10.2. The lowest BCUT2D eigenvalue weighted by Crippen LogP contribution is -2.66. The molecule has 0 bridgehead atoms. The third-order valence-corrected chi connectivity index (χ3v) is 6.28. The first kappa shape index (κ1) is 11.7. The molecule has 1 aromatic carbocycles. The maximum Gasteiger partial charge on any atom is 0.335 e. The molecule has 1 aromatic rings. The molecule has 0 aliphatic carbocycles. The van der Waals surface area contributed by atoms with Gasteiger partial charge in [0, 0.05) is 0 Å². The van der Waals surface area contributed by atoms with Gasteiger partial charge in [-0.25, -0.2) is 0 Å². The zero-order valence-corrected chi connectivity index (χ0v) is 10.4. The first-order chi connectivity index (χ1) is 6.73. The third-order valence-electron chi connectivity index (χ3n) is 2.01. The van der Waals surface area contributed by atoms with Crippen molar-refractivity contribution in [2.45, 2.75) is 13.8 Å². The van der Waals surface area contributed by atoms with E-state index in [2.05, 4.69) is 35.9 Å². The molecule has 0 saturated heterocycles. The van der Waals surface area contributed by atoms with E-state index < -0.39 is 7.71 Å². The maximum absolute atomic E-state index is 6.58. The molecular formula is C10H17ClN2Si. The highest BCUT2D eigenvalue weighted by molar-refractivity contribution is 7.24.